The predicted octanol–water partition coefficient (Wildman–Crippen LogP) is 1.91. The molecular weight excluding hydrogens is 304 g/mol. The summed E-state index contributed by atoms with van der Waals surface area (Å²) in [5, 5.41) is 9.41. The van der Waals surface area contributed by atoms with Crippen LogP contribution in [0.4, 0.5) is 0 Å². The first-order valence-electron chi connectivity index (χ1n) is 8.83. The second-order valence-electron chi connectivity index (χ2n) is 7.14. The number of hydrogen-bond donors (Lipinski definition) is 1. The fourth-order valence-corrected chi connectivity index (χ4v) is 3.99. The second kappa shape index (κ2) is 6.93. The highest BCUT2D eigenvalue weighted by molar-refractivity contribution is 5.99. The van der Waals surface area contributed by atoms with E-state index in [-0.39, 0.29) is 24.3 Å². The van der Waals surface area contributed by atoms with Crippen LogP contribution < -0.4 is 0 Å². The number of rotatable bonds is 3. The zero-order valence-electron chi connectivity index (χ0n) is 14.3. The van der Waals surface area contributed by atoms with Crippen molar-refractivity contribution in [2.75, 3.05) is 26.2 Å². The Morgan fingerprint density at radius 1 is 1.21 bits per heavy atom. The fraction of sp³-hybridized carbons (Fsp3) is 0.579. The highest BCUT2D eigenvalue weighted by atomic mass is 16.3. The van der Waals surface area contributed by atoms with Crippen molar-refractivity contribution in [3.05, 3.63) is 35.9 Å². The molecule has 0 aliphatic carbocycles. The van der Waals surface area contributed by atoms with Crippen LogP contribution in [0.2, 0.25) is 0 Å². The van der Waals surface area contributed by atoms with E-state index >= 15 is 0 Å². The van der Waals surface area contributed by atoms with Gasteiger partial charge in [0, 0.05) is 31.8 Å². The van der Waals surface area contributed by atoms with E-state index in [9.17, 15) is 14.7 Å². The SMILES string of the molecule is CC1(C(=O)N2CCCC(CO)C2)CCCN1C(=O)c1ccccc1. The molecule has 2 aliphatic rings. The normalized spacial score (nSPS) is 27.3. The molecule has 1 N–H and O–H groups in total. The van der Waals surface area contributed by atoms with Crippen LogP contribution in [0.15, 0.2) is 30.3 Å². The number of aliphatic hydroxyl groups is 1. The largest absolute Gasteiger partial charge is 0.396 e. The number of aliphatic hydroxyl groups excluding tert-OH is 1. The molecule has 2 heterocycles. The zero-order chi connectivity index (χ0) is 17.2. The number of likely N-dealkylation sites (tertiary alicyclic amines) is 2. The average Bonchev–Trinajstić information content (AvgIpc) is 3.04. The number of carbonyl (C=O) groups is 2. The molecule has 5 nitrogen and oxygen atoms in total. The van der Waals surface area contributed by atoms with Gasteiger partial charge in [0.25, 0.3) is 5.91 Å². The Morgan fingerprint density at radius 3 is 2.67 bits per heavy atom. The maximum absolute atomic E-state index is 13.2. The lowest BCUT2D eigenvalue weighted by molar-refractivity contribution is -0.143. The van der Waals surface area contributed by atoms with Gasteiger partial charge in [0.1, 0.15) is 5.54 Å². The van der Waals surface area contributed by atoms with Gasteiger partial charge in [0.2, 0.25) is 5.91 Å². The summed E-state index contributed by atoms with van der Waals surface area (Å²) >= 11 is 0. The molecular formula is C19H26N2O3. The Hall–Kier alpha value is -1.88. The standard InChI is InChI=1S/C19H26N2O3/c1-19(18(24)20-11-5-7-15(13-20)14-22)10-6-12-21(19)17(23)16-8-3-2-4-9-16/h2-4,8-9,15,22H,5-7,10-14H2,1H3. The Morgan fingerprint density at radius 2 is 1.96 bits per heavy atom. The van der Waals surface area contributed by atoms with Gasteiger partial charge in [-0.3, -0.25) is 9.59 Å². The maximum Gasteiger partial charge on any atom is 0.254 e. The van der Waals surface area contributed by atoms with Gasteiger partial charge in [-0.2, -0.15) is 0 Å². The number of hydrogen-bond acceptors (Lipinski definition) is 3. The summed E-state index contributed by atoms with van der Waals surface area (Å²) < 4.78 is 0. The van der Waals surface area contributed by atoms with Crippen LogP contribution in [-0.2, 0) is 4.79 Å². The van der Waals surface area contributed by atoms with E-state index in [0.717, 1.165) is 25.8 Å². The van der Waals surface area contributed by atoms with Crippen molar-refractivity contribution in [1.29, 1.82) is 0 Å². The van der Waals surface area contributed by atoms with Gasteiger partial charge < -0.3 is 14.9 Å². The first kappa shape index (κ1) is 17.0. The molecule has 130 valence electrons. The maximum atomic E-state index is 13.2. The van der Waals surface area contributed by atoms with E-state index in [1.54, 1.807) is 17.0 Å². The lowest BCUT2D eigenvalue weighted by atomic mass is 9.92. The third-order valence-electron chi connectivity index (χ3n) is 5.43. The van der Waals surface area contributed by atoms with Crippen LogP contribution in [0.25, 0.3) is 0 Å². The van der Waals surface area contributed by atoms with Crippen molar-refractivity contribution >= 4 is 11.8 Å². The number of carbonyl (C=O) groups excluding carboxylic acids is 2. The molecule has 0 aromatic heterocycles. The molecule has 0 radical (unpaired) electrons. The highest BCUT2D eigenvalue weighted by Gasteiger charge is 2.48. The van der Waals surface area contributed by atoms with Crippen molar-refractivity contribution < 1.29 is 14.7 Å². The van der Waals surface area contributed by atoms with E-state index in [4.69, 9.17) is 0 Å². The number of piperidine rings is 1. The van der Waals surface area contributed by atoms with Gasteiger partial charge in [0.05, 0.1) is 0 Å². The minimum absolute atomic E-state index is 0.0300. The summed E-state index contributed by atoms with van der Waals surface area (Å²) in [5.74, 6) is 0.119. The molecule has 1 aromatic carbocycles. The Labute approximate surface area is 143 Å². The highest BCUT2D eigenvalue weighted by Crippen LogP contribution is 2.33. The predicted molar refractivity (Wildman–Crippen MR) is 91.5 cm³/mol. The molecule has 2 amide bonds. The smallest absolute Gasteiger partial charge is 0.254 e. The van der Waals surface area contributed by atoms with Gasteiger partial charge >= 0.3 is 0 Å². The third kappa shape index (κ3) is 3.05. The molecule has 5 heteroatoms. The monoisotopic (exact) mass is 330 g/mol. The minimum atomic E-state index is -0.774. The van der Waals surface area contributed by atoms with E-state index in [2.05, 4.69) is 0 Å². The van der Waals surface area contributed by atoms with Crippen LogP contribution in [0.3, 0.4) is 0 Å². The van der Waals surface area contributed by atoms with E-state index in [1.165, 1.54) is 0 Å². The molecule has 2 atom stereocenters. The molecule has 2 unspecified atom stereocenters. The van der Waals surface area contributed by atoms with Gasteiger partial charge in [-0.1, -0.05) is 18.2 Å². The van der Waals surface area contributed by atoms with Gasteiger partial charge in [-0.15, -0.1) is 0 Å². The van der Waals surface area contributed by atoms with E-state index < -0.39 is 5.54 Å². The van der Waals surface area contributed by atoms with Crippen molar-refractivity contribution in [2.45, 2.75) is 38.1 Å². The van der Waals surface area contributed by atoms with Crippen LogP contribution in [0.1, 0.15) is 43.0 Å². The Kier molecular flexibility index (Phi) is 4.90. The first-order valence-corrected chi connectivity index (χ1v) is 8.83. The van der Waals surface area contributed by atoms with Crippen LogP contribution >= 0.6 is 0 Å². The van der Waals surface area contributed by atoms with E-state index in [1.807, 2.05) is 30.0 Å². The molecule has 0 bridgehead atoms. The lowest BCUT2D eigenvalue weighted by Crippen LogP contribution is -2.58. The molecule has 3 rings (SSSR count). The van der Waals surface area contributed by atoms with Crippen LogP contribution in [0, 0.1) is 5.92 Å². The van der Waals surface area contributed by atoms with Gasteiger partial charge in [-0.05, 0) is 50.7 Å². The topological polar surface area (TPSA) is 60.9 Å². The zero-order valence-corrected chi connectivity index (χ0v) is 14.3. The third-order valence-corrected chi connectivity index (χ3v) is 5.43. The van der Waals surface area contributed by atoms with Crippen LogP contribution in [-0.4, -0.2) is 58.5 Å². The second-order valence-corrected chi connectivity index (χ2v) is 7.14. The quantitative estimate of drug-likeness (QED) is 0.921. The molecule has 1 aromatic rings. The van der Waals surface area contributed by atoms with Crippen molar-refractivity contribution in [3.63, 3.8) is 0 Å². The molecule has 24 heavy (non-hydrogen) atoms. The summed E-state index contributed by atoms with van der Waals surface area (Å²) in [4.78, 5) is 29.7. The summed E-state index contributed by atoms with van der Waals surface area (Å²) in [6, 6.07) is 9.17. The molecule has 2 saturated heterocycles. The summed E-state index contributed by atoms with van der Waals surface area (Å²) in [6.45, 7) is 3.95. The molecule has 0 saturated carbocycles. The van der Waals surface area contributed by atoms with Gasteiger partial charge in [0.15, 0.2) is 0 Å². The summed E-state index contributed by atoms with van der Waals surface area (Å²) in [7, 11) is 0. The number of nitrogens with zero attached hydrogens (tertiary/aromatic N) is 2. The van der Waals surface area contributed by atoms with Crippen molar-refractivity contribution in [1.82, 2.24) is 9.80 Å². The molecule has 0 spiro atoms. The fourth-order valence-electron chi connectivity index (χ4n) is 3.99. The summed E-state index contributed by atoms with van der Waals surface area (Å²) in [5.41, 5.74) is -0.144. The number of benzene rings is 1. The average molecular weight is 330 g/mol. The van der Waals surface area contributed by atoms with Crippen LogP contribution in [0.5, 0.6) is 0 Å². The Balaban J connectivity index is 1.79. The Bertz CT molecular complexity index is 604. The van der Waals surface area contributed by atoms with E-state index in [0.29, 0.717) is 25.1 Å². The van der Waals surface area contributed by atoms with Crippen molar-refractivity contribution in [3.8, 4) is 0 Å². The van der Waals surface area contributed by atoms with Gasteiger partial charge in [-0.25, -0.2) is 0 Å². The first-order chi connectivity index (χ1) is 11.6. The number of amides is 2. The van der Waals surface area contributed by atoms with Crippen molar-refractivity contribution in [2.24, 2.45) is 5.92 Å². The molecule has 2 aliphatic heterocycles. The molecule has 2 fully saturated rings. The summed E-state index contributed by atoms with van der Waals surface area (Å²) in [6.07, 6.45) is 3.42. The minimum Gasteiger partial charge on any atom is -0.396 e. The lowest BCUT2D eigenvalue weighted by Gasteiger charge is -2.41.